The highest BCUT2D eigenvalue weighted by Gasteiger charge is 2.28. The highest BCUT2D eigenvalue weighted by atomic mass is 32.2. The SMILES string of the molecule is CCOC(=O)c1c(NC(=O)C(C)Sc2cn(Cc3ccc(C)cc3)c3ccccc23)sc2c1CCCCC2. The number of fused-ring (bicyclic) bond motifs is 2. The minimum Gasteiger partial charge on any atom is -0.462 e. The van der Waals surface area contributed by atoms with Gasteiger partial charge in [0.05, 0.1) is 17.4 Å². The fourth-order valence-electron chi connectivity index (χ4n) is 5.04. The minimum absolute atomic E-state index is 0.104. The summed E-state index contributed by atoms with van der Waals surface area (Å²) in [5.74, 6) is -0.436. The Balaban J connectivity index is 1.37. The first kappa shape index (κ1) is 26.6. The normalized spacial score (nSPS) is 14.1. The van der Waals surface area contributed by atoms with E-state index in [2.05, 4.69) is 65.5 Å². The fraction of sp³-hybridized carbons (Fsp3) is 0.355. The lowest BCUT2D eigenvalue weighted by molar-refractivity contribution is -0.115. The first-order chi connectivity index (χ1) is 18.4. The number of nitrogens with zero attached hydrogens (tertiary/aromatic N) is 1. The third-order valence-electron chi connectivity index (χ3n) is 7.04. The quantitative estimate of drug-likeness (QED) is 0.140. The molecule has 0 fully saturated rings. The molecular weight excluding hydrogens is 512 g/mol. The molecule has 0 saturated heterocycles. The van der Waals surface area contributed by atoms with Crippen molar-refractivity contribution in [3.63, 3.8) is 0 Å². The van der Waals surface area contributed by atoms with Crippen molar-refractivity contribution in [2.24, 2.45) is 0 Å². The second-order valence-corrected chi connectivity index (χ2v) is 12.4. The van der Waals surface area contributed by atoms with Gasteiger partial charge in [-0.1, -0.05) is 54.4 Å². The number of para-hydroxylation sites is 1. The molecule has 0 bridgehead atoms. The molecule has 198 valence electrons. The Hall–Kier alpha value is -3.03. The standard InChI is InChI=1S/C31H34N2O3S2/c1-4-36-31(35)28-24-11-6-5-7-13-26(24)38-30(28)32-29(34)21(3)37-27-19-33(25-12-9-8-10-23(25)27)18-22-16-14-20(2)15-17-22/h8-10,12,14-17,19,21H,4-7,11,13,18H2,1-3H3,(H,32,34). The summed E-state index contributed by atoms with van der Waals surface area (Å²) < 4.78 is 7.64. The second-order valence-electron chi connectivity index (χ2n) is 9.86. The van der Waals surface area contributed by atoms with E-state index in [-0.39, 0.29) is 17.1 Å². The van der Waals surface area contributed by atoms with E-state index in [1.165, 1.54) is 16.0 Å². The monoisotopic (exact) mass is 546 g/mol. The summed E-state index contributed by atoms with van der Waals surface area (Å²) in [7, 11) is 0. The summed E-state index contributed by atoms with van der Waals surface area (Å²) in [5, 5.41) is 4.53. The predicted molar refractivity (Wildman–Crippen MR) is 158 cm³/mol. The molecule has 4 aromatic rings. The summed E-state index contributed by atoms with van der Waals surface area (Å²) in [6, 6.07) is 16.9. The fourth-order valence-corrected chi connectivity index (χ4v) is 7.35. The lowest BCUT2D eigenvalue weighted by Crippen LogP contribution is -2.23. The molecule has 2 heterocycles. The molecule has 5 nitrogen and oxygen atoms in total. The molecule has 5 rings (SSSR count). The number of amides is 1. The largest absolute Gasteiger partial charge is 0.462 e. The number of anilines is 1. The molecule has 0 aliphatic heterocycles. The van der Waals surface area contributed by atoms with Gasteiger partial charge in [-0.25, -0.2) is 4.79 Å². The smallest absolute Gasteiger partial charge is 0.341 e. The molecule has 2 aromatic heterocycles. The Kier molecular flexibility index (Phi) is 8.24. The Bertz CT molecular complexity index is 1450. The van der Waals surface area contributed by atoms with Crippen molar-refractivity contribution < 1.29 is 14.3 Å². The van der Waals surface area contributed by atoms with Crippen LogP contribution in [0, 0.1) is 6.92 Å². The average molecular weight is 547 g/mol. The van der Waals surface area contributed by atoms with Gasteiger partial charge in [-0.15, -0.1) is 23.1 Å². The average Bonchev–Trinajstić information content (AvgIpc) is 3.33. The highest BCUT2D eigenvalue weighted by Crippen LogP contribution is 2.39. The lowest BCUT2D eigenvalue weighted by atomic mass is 10.1. The van der Waals surface area contributed by atoms with E-state index >= 15 is 0 Å². The van der Waals surface area contributed by atoms with Crippen LogP contribution in [0.5, 0.6) is 0 Å². The van der Waals surface area contributed by atoms with Crippen LogP contribution in [0.15, 0.2) is 59.6 Å². The molecule has 38 heavy (non-hydrogen) atoms. The molecule has 1 unspecified atom stereocenters. The van der Waals surface area contributed by atoms with Gasteiger partial charge in [-0.2, -0.15) is 0 Å². The van der Waals surface area contributed by atoms with E-state index in [0.29, 0.717) is 17.2 Å². The van der Waals surface area contributed by atoms with Crippen LogP contribution in [0.4, 0.5) is 5.00 Å². The van der Waals surface area contributed by atoms with Crippen molar-refractivity contribution in [2.45, 2.75) is 69.6 Å². The molecule has 1 amide bonds. The third kappa shape index (κ3) is 5.69. The van der Waals surface area contributed by atoms with Crippen LogP contribution in [0.1, 0.15) is 65.0 Å². The number of thioether (sulfide) groups is 1. The molecule has 2 aromatic carbocycles. The van der Waals surface area contributed by atoms with Crippen molar-refractivity contribution in [1.29, 1.82) is 0 Å². The molecular formula is C31H34N2O3S2. The summed E-state index contributed by atoms with van der Waals surface area (Å²) in [4.78, 5) is 28.6. The zero-order valence-corrected chi connectivity index (χ0v) is 23.8. The van der Waals surface area contributed by atoms with E-state index in [1.54, 1.807) is 23.1 Å². The molecule has 0 spiro atoms. The van der Waals surface area contributed by atoms with Crippen molar-refractivity contribution >= 4 is 50.9 Å². The Morgan fingerprint density at radius 1 is 1.08 bits per heavy atom. The number of carbonyl (C=O) groups excluding carboxylic acids is 2. The number of thiophene rings is 1. The zero-order chi connectivity index (χ0) is 26.6. The number of ether oxygens (including phenoxy) is 1. The molecule has 7 heteroatoms. The van der Waals surface area contributed by atoms with Crippen LogP contribution in [0.3, 0.4) is 0 Å². The number of rotatable bonds is 8. The van der Waals surface area contributed by atoms with Gasteiger partial charge in [-0.05, 0) is 63.6 Å². The van der Waals surface area contributed by atoms with E-state index in [9.17, 15) is 9.59 Å². The number of nitrogens with one attached hydrogen (secondary N) is 1. The van der Waals surface area contributed by atoms with E-state index in [4.69, 9.17) is 4.74 Å². The van der Waals surface area contributed by atoms with Crippen LogP contribution >= 0.6 is 23.1 Å². The van der Waals surface area contributed by atoms with Gasteiger partial charge in [0.2, 0.25) is 5.91 Å². The minimum atomic E-state index is -0.342. The number of hydrogen-bond donors (Lipinski definition) is 1. The van der Waals surface area contributed by atoms with Crippen LogP contribution in [0.25, 0.3) is 10.9 Å². The van der Waals surface area contributed by atoms with Crippen molar-refractivity contribution in [1.82, 2.24) is 4.57 Å². The first-order valence-corrected chi connectivity index (χ1v) is 15.1. The summed E-state index contributed by atoms with van der Waals surface area (Å²) >= 11 is 3.10. The molecule has 1 aliphatic carbocycles. The van der Waals surface area contributed by atoms with Gasteiger partial charge in [0.15, 0.2) is 0 Å². The summed E-state index contributed by atoms with van der Waals surface area (Å²) in [6.07, 6.45) is 7.30. The predicted octanol–water partition coefficient (Wildman–Crippen LogP) is 7.62. The number of aromatic nitrogens is 1. The number of carbonyl (C=O) groups is 2. The number of esters is 1. The second kappa shape index (κ2) is 11.8. The van der Waals surface area contributed by atoms with Crippen LogP contribution in [-0.4, -0.2) is 28.3 Å². The molecule has 0 saturated carbocycles. The van der Waals surface area contributed by atoms with Gasteiger partial charge in [0.1, 0.15) is 5.00 Å². The van der Waals surface area contributed by atoms with Crippen molar-refractivity contribution in [3.05, 3.63) is 81.9 Å². The van der Waals surface area contributed by atoms with Gasteiger partial charge in [0.25, 0.3) is 0 Å². The van der Waals surface area contributed by atoms with Gasteiger partial charge < -0.3 is 14.6 Å². The van der Waals surface area contributed by atoms with E-state index < -0.39 is 0 Å². The maximum absolute atomic E-state index is 13.4. The van der Waals surface area contributed by atoms with Gasteiger partial charge >= 0.3 is 5.97 Å². The zero-order valence-electron chi connectivity index (χ0n) is 22.2. The van der Waals surface area contributed by atoms with Crippen LogP contribution < -0.4 is 5.32 Å². The molecule has 1 aliphatic rings. The van der Waals surface area contributed by atoms with E-state index in [0.717, 1.165) is 60.0 Å². The summed E-state index contributed by atoms with van der Waals surface area (Å²) in [5.41, 5.74) is 5.27. The third-order valence-corrected chi connectivity index (χ3v) is 9.39. The van der Waals surface area contributed by atoms with Crippen LogP contribution in [-0.2, 0) is 28.9 Å². The van der Waals surface area contributed by atoms with Crippen molar-refractivity contribution in [2.75, 3.05) is 11.9 Å². The maximum Gasteiger partial charge on any atom is 0.341 e. The number of benzene rings is 2. The Morgan fingerprint density at radius 3 is 2.63 bits per heavy atom. The highest BCUT2D eigenvalue weighted by molar-refractivity contribution is 8.00. The lowest BCUT2D eigenvalue weighted by Gasteiger charge is -2.12. The first-order valence-electron chi connectivity index (χ1n) is 13.4. The number of aryl methyl sites for hydroxylation is 2. The number of hydrogen-bond acceptors (Lipinski definition) is 5. The van der Waals surface area contributed by atoms with Crippen LogP contribution in [0.2, 0.25) is 0 Å². The van der Waals surface area contributed by atoms with Gasteiger partial charge in [0, 0.05) is 33.4 Å². The molecule has 0 radical (unpaired) electrons. The van der Waals surface area contributed by atoms with E-state index in [1.807, 2.05) is 19.9 Å². The molecule has 1 atom stereocenters. The van der Waals surface area contributed by atoms with Crippen molar-refractivity contribution in [3.8, 4) is 0 Å². The molecule has 1 N–H and O–H groups in total. The topological polar surface area (TPSA) is 60.3 Å². The van der Waals surface area contributed by atoms with Gasteiger partial charge in [-0.3, -0.25) is 4.79 Å². The Morgan fingerprint density at radius 2 is 1.84 bits per heavy atom. The summed E-state index contributed by atoms with van der Waals surface area (Å²) in [6.45, 7) is 6.92. The maximum atomic E-state index is 13.4. The Labute approximate surface area is 232 Å².